The number of nitrogens with zero attached hydrogens (tertiary/aromatic N) is 2. The molecule has 1 saturated carbocycles. The predicted octanol–water partition coefficient (Wildman–Crippen LogP) is 2.98. The molecule has 2 heterocycles. The van der Waals surface area contributed by atoms with Crippen molar-refractivity contribution in [2.24, 2.45) is 0 Å². The Bertz CT molecular complexity index is 378. The minimum absolute atomic E-state index is 0.343. The van der Waals surface area contributed by atoms with Crippen LogP contribution < -0.4 is 5.32 Å². The van der Waals surface area contributed by atoms with Crippen LogP contribution >= 0.6 is 0 Å². The molecule has 1 N–H and O–H groups in total. The number of hydrogen-bond acceptors (Lipinski definition) is 3. The van der Waals surface area contributed by atoms with Crippen LogP contribution in [0.3, 0.4) is 0 Å². The van der Waals surface area contributed by atoms with Crippen LogP contribution in [0.1, 0.15) is 51.5 Å². The van der Waals surface area contributed by atoms with Crippen molar-refractivity contribution in [1.82, 2.24) is 9.55 Å². The van der Waals surface area contributed by atoms with E-state index in [9.17, 15) is 0 Å². The molecule has 2 unspecified atom stereocenters. The normalized spacial score (nSPS) is 26.6. The van der Waals surface area contributed by atoms with Crippen LogP contribution in [0.5, 0.6) is 0 Å². The first-order valence-corrected chi connectivity index (χ1v) is 7.25. The van der Waals surface area contributed by atoms with Gasteiger partial charge in [-0.1, -0.05) is 12.8 Å². The van der Waals surface area contributed by atoms with Crippen LogP contribution in [-0.2, 0) is 4.74 Å². The molecule has 3 rings (SSSR count). The Balaban J connectivity index is 1.66. The quantitative estimate of drug-likeness (QED) is 0.891. The number of anilines is 1. The monoisotopic (exact) mass is 249 g/mol. The van der Waals surface area contributed by atoms with E-state index < -0.39 is 0 Å². The Morgan fingerprint density at radius 3 is 2.89 bits per heavy atom. The van der Waals surface area contributed by atoms with E-state index >= 15 is 0 Å². The Labute approximate surface area is 109 Å². The fourth-order valence-electron chi connectivity index (χ4n) is 3.20. The summed E-state index contributed by atoms with van der Waals surface area (Å²) in [7, 11) is 0. The second-order valence-electron chi connectivity index (χ2n) is 5.58. The molecular weight excluding hydrogens is 226 g/mol. The van der Waals surface area contributed by atoms with Crippen LogP contribution in [0.25, 0.3) is 0 Å². The van der Waals surface area contributed by atoms with Gasteiger partial charge >= 0.3 is 0 Å². The first-order valence-electron chi connectivity index (χ1n) is 7.25. The summed E-state index contributed by atoms with van der Waals surface area (Å²) in [5, 5.41) is 3.54. The maximum absolute atomic E-state index is 5.73. The molecule has 0 spiro atoms. The smallest absolute Gasteiger partial charge is 0.203 e. The molecule has 18 heavy (non-hydrogen) atoms. The maximum Gasteiger partial charge on any atom is 0.203 e. The number of imidazole rings is 1. The molecule has 1 aromatic heterocycles. The summed E-state index contributed by atoms with van der Waals surface area (Å²) in [6.07, 6.45) is 12.0. The fraction of sp³-hybridized carbons (Fsp3) is 0.786. The number of aromatic nitrogens is 2. The summed E-state index contributed by atoms with van der Waals surface area (Å²) in [6.45, 7) is 3.11. The third kappa shape index (κ3) is 2.39. The van der Waals surface area contributed by atoms with Gasteiger partial charge in [-0.3, -0.25) is 0 Å². The zero-order valence-corrected chi connectivity index (χ0v) is 11.1. The minimum atomic E-state index is 0.343. The Morgan fingerprint density at radius 2 is 2.17 bits per heavy atom. The van der Waals surface area contributed by atoms with Gasteiger partial charge in [0.15, 0.2) is 0 Å². The lowest BCUT2D eigenvalue weighted by molar-refractivity contribution is 0.0993. The lowest BCUT2D eigenvalue weighted by Gasteiger charge is -2.23. The number of ether oxygens (including phenoxy) is 1. The molecule has 2 aliphatic rings. The number of nitrogens with one attached hydrogen (secondary N) is 1. The third-order valence-electron chi connectivity index (χ3n) is 4.27. The van der Waals surface area contributed by atoms with Gasteiger partial charge in [0.25, 0.3) is 0 Å². The predicted molar refractivity (Wildman–Crippen MR) is 71.8 cm³/mol. The number of rotatable bonds is 4. The molecule has 1 aliphatic carbocycles. The molecule has 2 atom stereocenters. The van der Waals surface area contributed by atoms with Gasteiger partial charge in [-0.15, -0.1) is 0 Å². The lowest BCUT2D eigenvalue weighted by atomic mass is 10.1. The first-order chi connectivity index (χ1) is 8.84. The van der Waals surface area contributed by atoms with E-state index in [0.717, 1.165) is 19.0 Å². The van der Waals surface area contributed by atoms with E-state index in [1.54, 1.807) is 0 Å². The van der Waals surface area contributed by atoms with E-state index in [4.69, 9.17) is 4.74 Å². The molecule has 0 radical (unpaired) electrons. The molecule has 4 nitrogen and oxygen atoms in total. The van der Waals surface area contributed by atoms with Gasteiger partial charge in [-0.05, 0) is 32.6 Å². The summed E-state index contributed by atoms with van der Waals surface area (Å²) in [5.41, 5.74) is 0. The first kappa shape index (κ1) is 12.0. The zero-order valence-electron chi connectivity index (χ0n) is 11.1. The summed E-state index contributed by atoms with van der Waals surface area (Å²) >= 11 is 0. The van der Waals surface area contributed by atoms with Crippen molar-refractivity contribution in [1.29, 1.82) is 0 Å². The number of hydrogen-bond donors (Lipinski definition) is 1. The molecular formula is C14H23N3O. The highest BCUT2D eigenvalue weighted by molar-refractivity contribution is 5.29. The summed E-state index contributed by atoms with van der Waals surface area (Å²) < 4.78 is 8.05. The van der Waals surface area contributed by atoms with Crippen LogP contribution in [0.15, 0.2) is 12.4 Å². The van der Waals surface area contributed by atoms with E-state index in [1.807, 2.05) is 6.20 Å². The Morgan fingerprint density at radius 1 is 1.33 bits per heavy atom. The molecule has 1 saturated heterocycles. The fourth-order valence-corrected chi connectivity index (χ4v) is 3.20. The molecule has 0 bridgehead atoms. The van der Waals surface area contributed by atoms with Gasteiger partial charge in [-0.25, -0.2) is 4.98 Å². The van der Waals surface area contributed by atoms with Crippen LogP contribution in [0.2, 0.25) is 0 Å². The van der Waals surface area contributed by atoms with Gasteiger partial charge in [0.2, 0.25) is 5.95 Å². The molecule has 0 aromatic carbocycles. The molecule has 1 aromatic rings. The van der Waals surface area contributed by atoms with Crippen LogP contribution in [0.4, 0.5) is 5.95 Å². The van der Waals surface area contributed by atoms with Crippen molar-refractivity contribution >= 4 is 5.95 Å². The second kappa shape index (κ2) is 5.31. The van der Waals surface area contributed by atoms with Crippen molar-refractivity contribution in [3.8, 4) is 0 Å². The molecule has 2 fully saturated rings. The highest BCUT2D eigenvalue weighted by Gasteiger charge is 2.25. The van der Waals surface area contributed by atoms with Gasteiger partial charge in [-0.2, -0.15) is 0 Å². The largest absolute Gasteiger partial charge is 0.376 e. The topological polar surface area (TPSA) is 39.1 Å². The van der Waals surface area contributed by atoms with Crippen LogP contribution in [0, 0.1) is 0 Å². The van der Waals surface area contributed by atoms with Crippen molar-refractivity contribution in [2.75, 3.05) is 11.9 Å². The van der Waals surface area contributed by atoms with E-state index in [2.05, 4.69) is 28.0 Å². The SMILES string of the molecule is CC(Nc1nccn1C1CCCC1)C1CCCO1. The van der Waals surface area contributed by atoms with Gasteiger partial charge in [0.1, 0.15) is 0 Å². The summed E-state index contributed by atoms with van der Waals surface area (Å²) in [5.74, 6) is 1.02. The zero-order chi connectivity index (χ0) is 12.4. The van der Waals surface area contributed by atoms with E-state index in [0.29, 0.717) is 18.2 Å². The third-order valence-corrected chi connectivity index (χ3v) is 4.27. The molecule has 0 amide bonds. The molecule has 4 heteroatoms. The van der Waals surface area contributed by atoms with Crippen molar-refractivity contribution < 1.29 is 4.74 Å². The van der Waals surface area contributed by atoms with Crippen molar-refractivity contribution in [3.05, 3.63) is 12.4 Å². The van der Waals surface area contributed by atoms with Gasteiger partial charge < -0.3 is 14.6 Å². The summed E-state index contributed by atoms with van der Waals surface area (Å²) in [6, 6.07) is 0.988. The molecule has 1 aliphatic heterocycles. The van der Waals surface area contributed by atoms with E-state index in [1.165, 1.54) is 32.1 Å². The van der Waals surface area contributed by atoms with E-state index in [-0.39, 0.29) is 0 Å². The van der Waals surface area contributed by atoms with Gasteiger partial charge in [0.05, 0.1) is 12.1 Å². The lowest BCUT2D eigenvalue weighted by Crippen LogP contribution is -2.31. The Kier molecular flexibility index (Phi) is 3.55. The highest BCUT2D eigenvalue weighted by atomic mass is 16.5. The Hall–Kier alpha value is -1.03. The maximum atomic E-state index is 5.73. The molecule has 100 valence electrons. The second-order valence-corrected chi connectivity index (χ2v) is 5.58. The average molecular weight is 249 g/mol. The highest BCUT2D eigenvalue weighted by Crippen LogP contribution is 2.31. The van der Waals surface area contributed by atoms with Gasteiger partial charge in [0, 0.05) is 25.0 Å². The van der Waals surface area contributed by atoms with Crippen molar-refractivity contribution in [3.63, 3.8) is 0 Å². The average Bonchev–Trinajstić information content (AvgIpc) is 3.11. The summed E-state index contributed by atoms with van der Waals surface area (Å²) in [4.78, 5) is 4.47. The standard InChI is InChI=1S/C14H23N3O/c1-11(13-7-4-10-18-13)16-14-15-8-9-17(14)12-5-2-3-6-12/h8-9,11-13H,2-7,10H2,1H3,(H,15,16). The van der Waals surface area contributed by atoms with Crippen molar-refractivity contribution in [2.45, 2.75) is 63.6 Å². The van der Waals surface area contributed by atoms with Crippen LogP contribution in [-0.4, -0.2) is 28.3 Å². The minimum Gasteiger partial charge on any atom is -0.376 e.